The van der Waals surface area contributed by atoms with E-state index >= 15 is 0 Å². The summed E-state index contributed by atoms with van der Waals surface area (Å²) in [6, 6.07) is 3.83. The van der Waals surface area contributed by atoms with E-state index in [0.29, 0.717) is 16.4 Å². The van der Waals surface area contributed by atoms with Crippen molar-refractivity contribution in [2.75, 3.05) is 33.6 Å². The average molecular weight is 378 g/mol. The van der Waals surface area contributed by atoms with E-state index in [4.69, 9.17) is 9.72 Å². The van der Waals surface area contributed by atoms with Crippen LogP contribution in [-0.4, -0.2) is 49.3 Å². The van der Waals surface area contributed by atoms with Gasteiger partial charge in [0.05, 0.1) is 24.6 Å². The first-order chi connectivity index (χ1) is 12.0. The van der Waals surface area contributed by atoms with Gasteiger partial charge in [-0.1, -0.05) is 11.3 Å². The third kappa shape index (κ3) is 3.73. The van der Waals surface area contributed by atoms with Gasteiger partial charge in [-0.15, -0.1) is 11.3 Å². The number of hydrogen-bond acceptors (Lipinski definition) is 8. The van der Waals surface area contributed by atoms with Crippen LogP contribution in [0.15, 0.2) is 17.5 Å². The number of methoxy groups -OCH3 is 2. The average Bonchev–Trinajstić information content (AvgIpc) is 3.19. The maximum Gasteiger partial charge on any atom is 0.413 e. The van der Waals surface area contributed by atoms with Crippen molar-refractivity contribution in [2.24, 2.45) is 0 Å². The van der Waals surface area contributed by atoms with Crippen molar-refractivity contribution in [3.05, 3.63) is 22.5 Å². The molecule has 0 aliphatic rings. The summed E-state index contributed by atoms with van der Waals surface area (Å²) in [5.74, 6) is 0.650. The first-order valence-corrected chi connectivity index (χ1v) is 9.13. The Kier molecular flexibility index (Phi) is 5.16. The summed E-state index contributed by atoms with van der Waals surface area (Å²) in [4.78, 5) is 22.7. The molecule has 0 bridgehead atoms. The second-order valence-corrected chi connectivity index (χ2v) is 7.43. The molecular weight excluding hydrogens is 360 g/mol. The van der Waals surface area contributed by atoms with Gasteiger partial charge in [-0.2, -0.15) is 0 Å². The molecule has 0 radical (unpaired) electrons. The predicted molar refractivity (Wildman–Crippen MR) is 101 cm³/mol. The number of benzene rings is 1. The summed E-state index contributed by atoms with van der Waals surface area (Å²) in [7, 11) is 6.94. The fraction of sp³-hybridized carbons (Fsp3) is 0.312. The van der Waals surface area contributed by atoms with E-state index in [9.17, 15) is 4.79 Å². The molecule has 132 valence electrons. The van der Waals surface area contributed by atoms with Crippen LogP contribution >= 0.6 is 22.7 Å². The van der Waals surface area contributed by atoms with Crippen molar-refractivity contribution in [1.29, 1.82) is 0 Å². The molecule has 0 spiro atoms. The van der Waals surface area contributed by atoms with Crippen LogP contribution in [0.1, 0.15) is 5.01 Å². The van der Waals surface area contributed by atoms with Gasteiger partial charge in [-0.05, 0) is 26.2 Å². The van der Waals surface area contributed by atoms with Gasteiger partial charge in [0, 0.05) is 17.5 Å². The van der Waals surface area contributed by atoms with Crippen molar-refractivity contribution in [1.82, 2.24) is 14.9 Å². The molecule has 7 nitrogen and oxygen atoms in total. The Morgan fingerprint density at radius 1 is 1.28 bits per heavy atom. The molecule has 1 amide bonds. The summed E-state index contributed by atoms with van der Waals surface area (Å²) in [6.07, 6.45) is -0.554. The van der Waals surface area contributed by atoms with Gasteiger partial charge in [-0.3, -0.25) is 5.32 Å². The van der Waals surface area contributed by atoms with Crippen LogP contribution in [0.4, 0.5) is 9.93 Å². The molecule has 0 saturated carbocycles. The molecule has 0 atom stereocenters. The Bertz CT molecular complexity index is 904. The second-order valence-electron chi connectivity index (χ2n) is 5.49. The maximum atomic E-state index is 11.5. The topological polar surface area (TPSA) is 76.6 Å². The number of rotatable bonds is 5. The fourth-order valence-electron chi connectivity index (χ4n) is 2.32. The molecule has 1 aromatic carbocycles. The number of nitrogens with one attached hydrogen (secondary N) is 1. The van der Waals surface area contributed by atoms with Gasteiger partial charge in [0.15, 0.2) is 5.13 Å². The SMILES string of the molecule is COC(=O)Nc1nc2c(OC)ccc(-c3csc(CN(C)C)n3)c2s1. The fourth-order valence-corrected chi connectivity index (χ4v) is 4.22. The standard InChI is InChI=1S/C16H18N4O3S2/c1-20(2)7-12-17-10(8-24-12)9-5-6-11(22-3)13-14(9)25-15(18-13)19-16(21)23-4/h5-6,8H,7H2,1-4H3,(H,18,19,21). The van der Waals surface area contributed by atoms with Crippen LogP contribution < -0.4 is 10.1 Å². The lowest BCUT2D eigenvalue weighted by atomic mass is 10.1. The zero-order valence-electron chi connectivity index (χ0n) is 14.3. The highest BCUT2D eigenvalue weighted by molar-refractivity contribution is 7.23. The predicted octanol–water partition coefficient (Wildman–Crippen LogP) is 3.67. The molecule has 1 N–H and O–H groups in total. The molecule has 0 saturated heterocycles. The van der Waals surface area contributed by atoms with Gasteiger partial charge in [0.25, 0.3) is 0 Å². The minimum Gasteiger partial charge on any atom is -0.494 e. The largest absolute Gasteiger partial charge is 0.494 e. The van der Waals surface area contributed by atoms with Crippen LogP contribution in [0.3, 0.4) is 0 Å². The summed E-state index contributed by atoms with van der Waals surface area (Å²) < 4.78 is 10.9. The highest BCUT2D eigenvalue weighted by Gasteiger charge is 2.17. The molecular formula is C16H18N4O3S2. The maximum absolute atomic E-state index is 11.5. The number of ether oxygens (including phenoxy) is 2. The molecule has 9 heteroatoms. The van der Waals surface area contributed by atoms with Crippen LogP contribution in [0, 0.1) is 0 Å². The third-order valence-corrected chi connectivity index (χ3v) is 5.24. The molecule has 0 aliphatic carbocycles. The van der Waals surface area contributed by atoms with Crippen molar-refractivity contribution in [2.45, 2.75) is 6.54 Å². The lowest BCUT2D eigenvalue weighted by molar-refractivity contribution is 0.187. The number of aromatic nitrogens is 2. The van der Waals surface area contributed by atoms with Gasteiger partial charge < -0.3 is 14.4 Å². The summed E-state index contributed by atoms with van der Waals surface area (Å²) >= 11 is 2.99. The minimum absolute atomic E-state index is 0.455. The molecule has 0 aliphatic heterocycles. The Labute approximate surface area is 153 Å². The van der Waals surface area contributed by atoms with E-state index in [1.807, 2.05) is 31.6 Å². The Morgan fingerprint density at radius 2 is 2.08 bits per heavy atom. The monoisotopic (exact) mass is 378 g/mol. The van der Waals surface area contributed by atoms with Crippen LogP contribution in [0.2, 0.25) is 0 Å². The smallest absolute Gasteiger partial charge is 0.413 e. The van der Waals surface area contributed by atoms with E-state index in [-0.39, 0.29) is 0 Å². The number of thiazole rings is 2. The van der Waals surface area contributed by atoms with Crippen molar-refractivity contribution < 1.29 is 14.3 Å². The number of hydrogen-bond donors (Lipinski definition) is 1. The highest BCUT2D eigenvalue weighted by atomic mass is 32.1. The summed E-state index contributed by atoms with van der Waals surface area (Å²) in [6.45, 7) is 0.793. The van der Waals surface area contributed by atoms with E-state index in [1.54, 1.807) is 18.4 Å². The number of carbonyl (C=O) groups excluding carboxylic acids is 1. The summed E-state index contributed by atoms with van der Waals surface area (Å²) in [5.41, 5.74) is 2.55. The molecule has 2 aromatic heterocycles. The van der Waals surface area contributed by atoms with Crippen LogP contribution in [0.25, 0.3) is 21.5 Å². The second kappa shape index (κ2) is 7.34. The lowest BCUT2D eigenvalue weighted by Gasteiger charge is -2.05. The van der Waals surface area contributed by atoms with E-state index in [0.717, 1.165) is 27.5 Å². The molecule has 2 heterocycles. The molecule has 0 fully saturated rings. The number of anilines is 1. The molecule has 3 rings (SSSR count). The van der Waals surface area contributed by atoms with Gasteiger partial charge in [-0.25, -0.2) is 14.8 Å². The zero-order valence-corrected chi connectivity index (χ0v) is 16.0. The summed E-state index contributed by atoms with van der Waals surface area (Å²) in [5, 5.41) is 6.14. The molecule has 0 unspecified atom stereocenters. The van der Waals surface area contributed by atoms with Gasteiger partial charge in [0.1, 0.15) is 16.3 Å². The third-order valence-electron chi connectivity index (χ3n) is 3.40. The van der Waals surface area contributed by atoms with Crippen LogP contribution in [-0.2, 0) is 11.3 Å². The first kappa shape index (κ1) is 17.6. The Balaban J connectivity index is 2.05. The first-order valence-electron chi connectivity index (χ1n) is 7.43. The van der Waals surface area contributed by atoms with Crippen molar-refractivity contribution in [3.8, 4) is 17.0 Å². The Hall–Kier alpha value is -2.23. The number of nitrogens with zero attached hydrogens (tertiary/aromatic N) is 3. The normalized spacial score (nSPS) is 11.1. The minimum atomic E-state index is -0.554. The van der Waals surface area contributed by atoms with E-state index in [1.165, 1.54) is 18.4 Å². The molecule has 3 aromatic rings. The Morgan fingerprint density at radius 3 is 2.76 bits per heavy atom. The van der Waals surface area contributed by atoms with Crippen LogP contribution in [0.5, 0.6) is 5.75 Å². The van der Waals surface area contributed by atoms with Gasteiger partial charge in [0.2, 0.25) is 0 Å². The number of amides is 1. The van der Waals surface area contributed by atoms with Crippen molar-refractivity contribution >= 4 is 44.1 Å². The van der Waals surface area contributed by atoms with Crippen molar-refractivity contribution in [3.63, 3.8) is 0 Å². The van der Waals surface area contributed by atoms with E-state index < -0.39 is 6.09 Å². The van der Waals surface area contributed by atoms with Gasteiger partial charge >= 0.3 is 6.09 Å². The number of fused-ring (bicyclic) bond motifs is 1. The highest BCUT2D eigenvalue weighted by Crippen LogP contribution is 2.39. The van der Waals surface area contributed by atoms with E-state index in [2.05, 4.69) is 19.9 Å². The quantitative estimate of drug-likeness (QED) is 0.730. The molecule has 25 heavy (non-hydrogen) atoms. The zero-order chi connectivity index (χ0) is 18.0. The lowest BCUT2D eigenvalue weighted by Crippen LogP contribution is -2.10. The number of carbonyl (C=O) groups is 1.